The molecule has 0 fully saturated rings. The second kappa shape index (κ2) is 6.94. The van der Waals surface area contributed by atoms with Gasteiger partial charge in [0.1, 0.15) is 16.8 Å². The van der Waals surface area contributed by atoms with Crippen LogP contribution >= 0.6 is 0 Å². The van der Waals surface area contributed by atoms with Crippen LogP contribution < -0.4 is 10.3 Å². The van der Waals surface area contributed by atoms with Gasteiger partial charge in [0.05, 0.1) is 5.69 Å². The van der Waals surface area contributed by atoms with Gasteiger partial charge in [0.25, 0.3) is 5.56 Å². The van der Waals surface area contributed by atoms with Gasteiger partial charge in [0.15, 0.2) is 0 Å². The lowest BCUT2D eigenvalue weighted by molar-refractivity contribution is 0.632. The lowest BCUT2D eigenvalue weighted by atomic mass is 10.00. The van der Waals surface area contributed by atoms with Gasteiger partial charge in [-0.3, -0.25) is 4.79 Å². The van der Waals surface area contributed by atoms with Crippen LogP contribution in [0.1, 0.15) is 0 Å². The normalized spacial score (nSPS) is 11.8. The molecule has 0 bridgehead atoms. The number of hydrogen-bond donors (Lipinski definition) is 1. The number of nitrogens with one attached hydrogen (secondary N) is 1. The van der Waals surface area contributed by atoms with Gasteiger partial charge in [-0.1, -0.05) is 24.3 Å². The molecule has 3 rings (SSSR count). The van der Waals surface area contributed by atoms with Crippen molar-refractivity contribution in [1.82, 2.24) is 4.57 Å². The first kappa shape index (κ1) is 17.8. The fourth-order valence-corrected chi connectivity index (χ4v) is 3.04. The Morgan fingerprint density at radius 3 is 2.46 bits per heavy atom. The second-order valence-electron chi connectivity index (χ2n) is 5.26. The molecule has 1 heterocycles. The molecule has 7 heteroatoms. The highest BCUT2D eigenvalue weighted by molar-refractivity contribution is 7.85. The first-order valence-electron chi connectivity index (χ1n) is 6.96. The maximum absolute atomic E-state index is 13.9. The summed E-state index contributed by atoms with van der Waals surface area (Å²) in [5, 5.41) is 1.40. The molecular weight excluding hydrogens is 331 g/mol. The van der Waals surface area contributed by atoms with E-state index in [1.807, 2.05) is 18.2 Å². The van der Waals surface area contributed by atoms with Gasteiger partial charge in [0, 0.05) is 30.4 Å². The summed E-state index contributed by atoms with van der Waals surface area (Å²) in [6.45, 7) is 0. The van der Waals surface area contributed by atoms with Crippen molar-refractivity contribution in [2.45, 2.75) is 0 Å². The van der Waals surface area contributed by atoms with Gasteiger partial charge in [-0.25, -0.2) is 8.60 Å². The summed E-state index contributed by atoms with van der Waals surface area (Å²) in [6.07, 6.45) is 3.17. The van der Waals surface area contributed by atoms with E-state index >= 15 is 0 Å². The summed E-state index contributed by atoms with van der Waals surface area (Å²) in [7, 11) is 0.311. The molecule has 0 saturated heterocycles. The Hall–Kier alpha value is -2.51. The van der Waals surface area contributed by atoms with Crippen molar-refractivity contribution in [3.8, 4) is 11.1 Å². The highest BCUT2D eigenvalue weighted by atomic mass is 32.2. The minimum absolute atomic E-state index is 0. The van der Waals surface area contributed by atoms with E-state index in [0.29, 0.717) is 5.39 Å². The summed E-state index contributed by atoms with van der Waals surface area (Å²) >= 11 is 0. The van der Waals surface area contributed by atoms with Crippen LogP contribution in [0.3, 0.4) is 0 Å². The van der Waals surface area contributed by atoms with E-state index in [4.69, 9.17) is 0 Å². The Labute approximate surface area is 140 Å². The largest absolute Gasteiger partial charge is 0.412 e. The average molecular weight is 348 g/mol. The Morgan fingerprint density at radius 1 is 1.12 bits per heavy atom. The van der Waals surface area contributed by atoms with Crippen LogP contribution in [0.25, 0.3) is 21.9 Å². The zero-order valence-corrected chi connectivity index (χ0v) is 14.0. The Kier molecular flexibility index (Phi) is 5.16. The van der Waals surface area contributed by atoms with E-state index in [-0.39, 0.29) is 16.7 Å². The predicted octanol–water partition coefficient (Wildman–Crippen LogP) is 2.23. The van der Waals surface area contributed by atoms with Crippen molar-refractivity contribution in [3.05, 3.63) is 64.8 Å². The molecule has 1 unspecified atom stereocenters. The number of aryl methyl sites for hydroxylation is 1. The third kappa shape index (κ3) is 3.22. The molecule has 0 spiro atoms. The van der Waals surface area contributed by atoms with E-state index < -0.39 is 16.8 Å². The Bertz CT molecular complexity index is 985. The number of aromatic nitrogens is 1. The van der Waals surface area contributed by atoms with Crippen molar-refractivity contribution in [2.24, 2.45) is 7.05 Å². The molecular formula is C17H17FN2O3S. The van der Waals surface area contributed by atoms with Gasteiger partial charge in [-0.15, -0.1) is 0 Å². The summed E-state index contributed by atoms with van der Waals surface area (Å²) in [4.78, 5) is 12.2. The van der Waals surface area contributed by atoms with Crippen molar-refractivity contribution < 1.29 is 14.1 Å². The molecule has 24 heavy (non-hydrogen) atoms. The van der Waals surface area contributed by atoms with Gasteiger partial charge < -0.3 is 14.8 Å². The second-order valence-corrected chi connectivity index (χ2v) is 6.37. The first-order valence-corrected chi connectivity index (χ1v) is 8.51. The van der Waals surface area contributed by atoms with E-state index in [1.54, 1.807) is 31.4 Å². The van der Waals surface area contributed by atoms with E-state index in [2.05, 4.69) is 4.72 Å². The number of rotatable bonds is 3. The van der Waals surface area contributed by atoms with Crippen LogP contribution in [-0.4, -0.2) is 20.5 Å². The summed E-state index contributed by atoms with van der Waals surface area (Å²) in [5.41, 5.74) is 1.64. The molecule has 0 amide bonds. The summed E-state index contributed by atoms with van der Waals surface area (Å²) in [6, 6.07) is 11.9. The molecule has 0 aliphatic rings. The zero-order valence-electron chi connectivity index (χ0n) is 13.2. The minimum Gasteiger partial charge on any atom is -0.412 e. The first-order chi connectivity index (χ1) is 11.0. The fraction of sp³-hybridized carbons (Fsp3) is 0.118. The summed E-state index contributed by atoms with van der Waals surface area (Å²) < 4.78 is 29.3. The molecule has 0 saturated carbocycles. The zero-order chi connectivity index (χ0) is 16.6. The van der Waals surface area contributed by atoms with Crippen molar-refractivity contribution >= 4 is 27.4 Å². The lowest BCUT2D eigenvalue weighted by Crippen LogP contribution is -2.16. The third-order valence-corrected chi connectivity index (χ3v) is 4.13. The standard InChI is InChI=1S/C17H15FN2O2S.H2O/c1-20-10-14(12-5-3-4-6-13(12)17(20)21)11-7-8-15(18)16(9-11)19-23(2)22;/h3-10,19H,1-2H3;1H2. The quantitative estimate of drug-likeness (QED) is 0.787. The smallest absolute Gasteiger partial charge is 0.258 e. The van der Waals surface area contributed by atoms with E-state index in [1.165, 1.54) is 16.9 Å². The highest BCUT2D eigenvalue weighted by Crippen LogP contribution is 2.29. The van der Waals surface area contributed by atoms with Crippen LogP contribution in [-0.2, 0) is 18.0 Å². The van der Waals surface area contributed by atoms with Gasteiger partial charge in [-0.2, -0.15) is 0 Å². The number of hydrogen-bond acceptors (Lipinski definition) is 2. The molecule has 3 N–H and O–H groups in total. The van der Waals surface area contributed by atoms with Crippen LogP contribution in [0.2, 0.25) is 0 Å². The monoisotopic (exact) mass is 348 g/mol. The molecule has 0 aliphatic carbocycles. The Balaban J connectivity index is 0.00000208. The highest BCUT2D eigenvalue weighted by Gasteiger charge is 2.11. The third-order valence-electron chi connectivity index (χ3n) is 3.62. The number of halogens is 1. The number of fused-ring (bicyclic) bond motifs is 1. The predicted molar refractivity (Wildman–Crippen MR) is 95.9 cm³/mol. The molecule has 1 aromatic heterocycles. The molecule has 126 valence electrons. The number of nitrogens with zero attached hydrogens (tertiary/aromatic N) is 1. The average Bonchev–Trinajstić information content (AvgIpc) is 2.53. The lowest BCUT2D eigenvalue weighted by Gasteiger charge is -2.12. The van der Waals surface area contributed by atoms with E-state index in [0.717, 1.165) is 16.5 Å². The van der Waals surface area contributed by atoms with Crippen molar-refractivity contribution in [1.29, 1.82) is 0 Å². The number of anilines is 1. The molecule has 5 nitrogen and oxygen atoms in total. The van der Waals surface area contributed by atoms with Crippen LogP contribution in [0, 0.1) is 5.82 Å². The molecule has 0 aliphatic heterocycles. The molecule has 2 aromatic carbocycles. The molecule has 0 radical (unpaired) electrons. The van der Waals surface area contributed by atoms with Gasteiger partial charge in [0.2, 0.25) is 0 Å². The maximum atomic E-state index is 13.9. The van der Waals surface area contributed by atoms with Gasteiger partial charge in [-0.05, 0) is 29.1 Å². The molecule has 1 atom stereocenters. The van der Waals surface area contributed by atoms with Crippen LogP contribution in [0.15, 0.2) is 53.5 Å². The molecule has 3 aromatic rings. The Morgan fingerprint density at radius 2 is 1.79 bits per heavy atom. The minimum atomic E-state index is -1.37. The van der Waals surface area contributed by atoms with E-state index in [9.17, 15) is 13.4 Å². The summed E-state index contributed by atoms with van der Waals surface area (Å²) in [5.74, 6) is -0.474. The fourth-order valence-electron chi connectivity index (χ4n) is 2.57. The number of pyridine rings is 1. The van der Waals surface area contributed by atoms with Crippen LogP contribution in [0.4, 0.5) is 10.1 Å². The SMILES string of the molecule is Cn1cc(-c2ccc(F)c(NS(C)=O)c2)c2ccccc2c1=O.O. The van der Waals surface area contributed by atoms with Gasteiger partial charge >= 0.3 is 0 Å². The topological polar surface area (TPSA) is 82.6 Å². The van der Waals surface area contributed by atoms with Crippen LogP contribution in [0.5, 0.6) is 0 Å². The number of benzene rings is 2. The maximum Gasteiger partial charge on any atom is 0.258 e. The van der Waals surface area contributed by atoms with Crippen molar-refractivity contribution in [3.63, 3.8) is 0 Å². The van der Waals surface area contributed by atoms with Crippen molar-refractivity contribution in [2.75, 3.05) is 11.0 Å².